The molecule has 0 aliphatic carbocycles. The third-order valence-corrected chi connectivity index (χ3v) is 2.63. The number of hydrogen-bond donors (Lipinski definition) is 1. The Morgan fingerprint density at radius 1 is 1.50 bits per heavy atom. The molecule has 0 aliphatic heterocycles. The molecule has 1 aromatic heterocycles. The lowest BCUT2D eigenvalue weighted by Gasteiger charge is -2.09. The summed E-state index contributed by atoms with van der Waals surface area (Å²) in [6.45, 7) is 1.70. The first-order chi connectivity index (χ1) is 7.63. The lowest BCUT2D eigenvalue weighted by molar-refractivity contribution is 0.0951. The highest BCUT2D eigenvalue weighted by Gasteiger charge is 2.18. The molecular formula is C12H12FNO2. The number of carbonyl (C=O) groups excluding carboxylic acids is 1. The zero-order valence-electron chi connectivity index (χ0n) is 9.08. The van der Waals surface area contributed by atoms with Crippen LogP contribution in [0.1, 0.15) is 17.3 Å². The molecule has 0 amide bonds. The molecule has 0 spiro atoms. The van der Waals surface area contributed by atoms with Gasteiger partial charge in [-0.2, -0.15) is 0 Å². The normalized spacial score (nSPS) is 12.9. The number of fused-ring (bicyclic) bond motifs is 1. The molecule has 16 heavy (non-hydrogen) atoms. The Bertz CT molecular complexity index is 533. The van der Waals surface area contributed by atoms with Gasteiger partial charge in [-0.1, -0.05) is 0 Å². The van der Waals surface area contributed by atoms with Gasteiger partial charge in [-0.05, 0) is 26.1 Å². The van der Waals surface area contributed by atoms with Crippen LogP contribution in [0.2, 0.25) is 0 Å². The summed E-state index contributed by atoms with van der Waals surface area (Å²) in [5, 5.41) is 3.52. The number of halogens is 1. The van der Waals surface area contributed by atoms with Gasteiger partial charge in [-0.3, -0.25) is 4.79 Å². The lowest BCUT2D eigenvalue weighted by Crippen LogP contribution is -2.31. The summed E-state index contributed by atoms with van der Waals surface area (Å²) in [5.74, 6) is -0.808. The molecular weight excluding hydrogens is 209 g/mol. The van der Waals surface area contributed by atoms with Gasteiger partial charge in [0.05, 0.1) is 17.9 Å². The Morgan fingerprint density at radius 2 is 2.25 bits per heavy atom. The number of rotatable bonds is 3. The highest BCUT2D eigenvalue weighted by molar-refractivity contribution is 6.02. The molecule has 0 saturated heterocycles. The predicted molar refractivity (Wildman–Crippen MR) is 59.0 cm³/mol. The van der Waals surface area contributed by atoms with Crippen LogP contribution in [0, 0.1) is 5.82 Å². The summed E-state index contributed by atoms with van der Waals surface area (Å²) >= 11 is 0. The van der Waals surface area contributed by atoms with Crippen molar-refractivity contribution in [3.63, 3.8) is 0 Å². The molecule has 1 atom stereocenters. The molecule has 2 aromatic rings. The van der Waals surface area contributed by atoms with E-state index < -0.39 is 11.9 Å². The number of ketones is 1. The molecule has 84 valence electrons. The second kappa shape index (κ2) is 4.06. The fraction of sp³-hybridized carbons (Fsp3) is 0.250. The molecule has 0 fully saturated rings. The number of furan rings is 1. The number of benzene rings is 1. The Labute approximate surface area is 92.2 Å². The van der Waals surface area contributed by atoms with Crippen molar-refractivity contribution in [1.29, 1.82) is 0 Å². The maximum absolute atomic E-state index is 13.6. The van der Waals surface area contributed by atoms with Crippen molar-refractivity contribution in [2.45, 2.75) is 13.0 Å². The lowest BCUT2D eigenvalue weighted by atomic mass is 10.0. The Balaban J connectivity index is 2.51. The van der Waals surface area contributed by atoms with Crippen molar-refractivity contribution in [3.8, 4) is 0 Å². The van der Waals surface area contributed by atoms with E-state index >= 15 is 0 Å². The van der Waals surface area contributed by atoms with E-state index in [4.69, 9.17) is 4.42 Å². The van der Waals surface area contributed by atoms with E-state index in [-0.39, 0.29) is 11.3 Å². The first-order valence-corrected chi connectivity index (χ1v) is 5.01. The fourth-order valence-corrected chi connectivity index (χ4v) is 1.54. The minimum Gasteiger partial charge on any atom is -0.464 e. The summed E-state index contributed by atoms with van der Waals surface area (Å²) in [6.07, 6.45) is 1.47. The number of Topliss-reactive ketones (excluding diaryl/α,β-unsaturated/α-hetero) is 1. The van der Waals surface area contributed by atoms with Gasteiger partial charge in [0.1, 0.15) is 11.4 Å². The number of nitrogens with one attached hydrogen (secondary N) is 1. The molecule has 1 N–H and O–H groups in total. The van der Waals surface area contributed by atoms with Gasteiger partial charge in [-0.15, -0.1) is 0 Å². The summed E-state index contributed by atoms with van der Waals surface area (Å²) in [6, 6.07) is 4.06. The highest BCUT2D eigenvalue weighted by atomic mass is 19.1. The van der Waals surface area contributed by atoms with Crippen LogP contribution in [0.3, 0.4) is 0 Å². The third kappa shape index (κ3) is 1.72. The SMILES string of the molecule is CNC(C)C(=O)c1cc2ccoc2cc1F. The van der Waals surface area contributed by atoms with Gasteiger partial charge in [0.15, 0.2) is 5.78 Å². The molecule has 0 aliphatic rings. The standard InChI is InChI=1S/C12H12FNO2/c1-7(14-2)12(15)9-5-8-3-4-16-11(8)6-10(9)13/h3-7,14H,1-2H3. The van der Waals surface area contributed by atoms with Crippen LogP contribution in [0.15, 0.2) is 28.9 Å². The van der Waals surface area contributed by atoms with Crippen molar-refractivity contribution < 1.29 is 13.6 Å². The molecule has 0 radical (unpaired) electrons. The van der Waals surface area contributed by atoms with Crippen molar-refractivity contribution >= 4 is 16.8 Å². The molecule has 4 heteroatoms. The largest absolute Gasteiger partial charge is 0.464 e. The van der Waals surface area contributed by atoms with Crippen LogP contribution in [0.25, 0.3) is 11.0 Å². The van der Waals surface area contributed by atoms with Crippen LogP contribution in [0.4, 0.5) is 4.39 Å². The second-order valence-corrected chi connectivity index (χ2v) is 3.67. The average molecular weight is 221 g/mol. The van der Waals surface area contributed by atoms with Crippen LogP contribution >= 0.6 is 0 Å². The minimum absolute atomic E-state index is 0.0933. The smallest absolute Gasteiger partial charge is 0.182 e. The Hall–Kier alpha value is -1.68. The van der Waals surface area contributed by atoms with Gasteiger partial charge in [0.2, 0.25) is 0 Å². The van der Waals surface area contributed by atoms with Crippen LogP contribution in [-0.2, 0) is 0 Å². The third-order valence-electron chi connectivity index (χ3n) is 2.63. The monoisotopic (exact) mass is 221 g/mol. The van der Waals surface area contributed by atoms with Gasteiger partial charge in [0.25, 0.3) is 0 Å². The van der Waals surface area contributed by atoms with Gasteiger partial charge >= 0.3 is 0 Å². The fourth-order valence-electron chi connectivity index (χ4n) is 1.54. The van der Waals surface area contributed by atoms with E-state index in [2.05, 4.69) is 5.32 Å². The van der Waals surface area contributed by atoms with Crippen LogP contribution < -0.4 is 5.32 Å². The van der Waals surface area contributed by atoms with Crippen LogP contribution in [-0.4, -0.2) is 18.9 Å². The van der Waals surface area contributed by atoms with E-state index in [0.717, 1.165) is 5.39 Å². The van der Waals surface area contributed by atoms with Crippen molar-refractivity contribution in [1.82, 2.24) is 5.32 Å². The minimum atomic E-state index is -0.547. The van der Waals surface area contributed by atoms with Gasteiger partial charge in [-0.25, -0.2) is 4.39 Å². The summed E-state index contributed by atoms with van der Waals surface area (Å²) in [5.41, 5.74) is 0.543. The first kappa shape index (κ1) is 10.8. The van der Waals surface area contributed by atoms with Crippen LogP contribution in [0.5, 0.6) is 0 Å². The van der Waals surface area contributed by atoms with E-state index in [1.54, 1.807) is 20.0 Å². The van der Waals surface area contributed by atoms with Crippen molar-refractivity contribution in [2.75, 3.05) is 7.05 Å². The van der Waals surface area contributed by atoms with Gasteiger partial charge < -0.3 is 9.73 Å². The molecule has 0 bridgehead atoms. The van der Waals surface area contributed by atoms with E-state index in [1.807, 2.05) is 0 Å². The molecule has 3 nitrogen and oxygen atoms in total. The van der Waals surface area contributed by atoms with Crippen molar-refractivity contribution in [2.24, 2.45) is 0 Å². The summed E-state index contributed by atoms with van der Waals surface area (Å²) in [7, 11) is 1.66. The second-order valence-electron chi connectivity index (χ2n) is 3.67. The average Bonchev–Trinajstić information content (AvgIpc) is 2.72. The Kier molecular flexibility index (Phi) is 2.75. The predicted octanol–water partition coefficient (Wildman–Crippen LogP) is 2.36. The molecule has 0 saturated carbocycles. The van der Waals surface area contributed by atoms with E-state index in [9.17, 15) is 9.18 Å². The van der Waals surface area contributed by atoms with E-state index in [1.165, 1.54) is 18.4 Å². The molecule has 1 heterocycles. The Morgan fingerprint density at radius 3 is 2.94 bits per heavy atom. The zero-order valence-corrected chi connectivity index (χ0v) is 9.08. The number of likely N-dealkylation sites (N-methyl/N-ethyl adjacent to an activating group) is 1. The maximum atomic E-state index is 13.6. The molecule has 1 aromatic carbocycles. The number of hydrogen-bond acceptors (Lipinski definition) is 3. The molecule has 1 unspecified atom stereocenters. The number of carbonyl (C=O) groups is 1. The summed E-state index contributed by atoms with van der Waals surface area (Å²) in [4.78, 5) is 11.8. The van der Waals surface area contributed by atoms with Crippen molar-refractivity contribution in [3.05, 3.63) is 35.8 Å². The molecule has 2 rings (SSSR count). The summed E-state index contributed by atoms with van der Waals surface area (Å²) < 4.78 is 18.7. The first-order valence-electron chi connectivity index (χ1n) is 5.01. The maximum Gasteiger partial charge on any atom is 0.182 e. The zero-order chi connectivity index (χ0) is 11.7. The topological polar surface area (TPSA) is 42.2 Å². The highest BCUT2D eigenvalue weighted by Crippen LogP contribution is 2.21. The quantitative estimate of drug-likeness (QED) is 0.809. The van der Waals surface area contributed by atoms with Gasteiger partial charge in [0, 0.05) is 11.5 Å². The van der Waals surface area contributed by atoms with E-state index in [0.29, 0.717) is 5.58 Å².